The van der Waals surface area contributed by atoms with Crippen LogP contribution in [0, 0.1) is 17.8 Å². The first-order valence-corrected chi connectivity index (χ1v) is 3.21. The minimum atomic E-state index is 0.402. The van der Waals surface area contributed by atoms with Crippen LogP contribution in [0.2, 0.25) is 0 Å². The molecule has 2 rings (SSSR count). The average molecular weight is 110 g/mol. The van der Waals surface area contributed by atoms with Crippen LogP contribution < -0.4 is 0 Å². The Balaban J connectivity index is 2.03. The van der Waals surface area contributed by atoms with Gasteiger partial charge in [-0.25, -0.2) is 0 Å². The summed E-state index contributed by atoms with van der Waals surface area (Å²) in [5.74, 6) is 2.24. The van der Waals surface area contributed by atoms with Crippen LogP contribution >= 0.6 is 0 Å². The van der Waals surface area contributed by atoms with Crippen molar-refractivity contribution in [2.45, 2.75) is 6.42 Å². The van der Waals surface area contributed by atoms with Crippen LogP contribution in [-0.4, -0.2) is 11.7 Å². The maximum Gasteiger partial charge on any atom is 0.0467 e. The first-order valence-electron chi connectivity index (χ1n) is 3.21. The van der Waals surface area contributed by atoms with Gasteiger partial charge in [0, 0.05) is 6.61 Å². The average Bonchev–Trinajstić information content (AvgIpc) is 2.22. The van der Waals surface area contributed by atoms with Crippen LogP contribution in [0.25, 0.3) is 0 Å². The molecule has 1 nitrogen and oxygen atoms in total. The Labute approximate surface area is 49.0 Å². The highest BCUT2D eigenvalue weighted by atomic mass is 16.3. The summed E-state index contributed by atoms with van der Waals surface area (Å²) in [4.78, 5) is 0. The maximum atomic E-state index is 8.68. The van der Waals surface area contributed by atoms with Gasteiger partial charge in [0.1, 0.15) is 0 Å². The Morgan fingerprint density at radius 2 is 2.50 bits per heavy atom. The zero-order valence-electron chi connectivity index (χ0n) is 4.75. The molecule has 2 aliphatic rings. The molecule has 0 amide bonds. The second-order valence-electron chi connectivity index (χ2n) is 2.75. The fourth-order valence-corrected chi connectivity index (χ4v) is 1.74. The van der Waals surface area contributed by atoms with Crippen molar-refractivity contribution in [1.29, 1.82) is 0 Å². The predicted molar refractivity (Wildman–Crippen MR) is 31.3 cm³/mol. The van der Waals surface area contributed by atoms with Gasteiger partial charge in [0.25, 0.3) is 0 Å². The molecular weight excluding hydrogens is 100 g/mol. The van der Waals surface area contributed by atoms with Crippen molar-refractivity contribution in [2.75, 3.05) is 6.61 Å². The van der Waals surface area contributed by atoms with Crippen molar-refractivity contribution < 1.29 is 5.11 Å². The Bertz CT molecular complexity index is 128. The molecule has 0 unspecified atom stereocenters. The largest absolute Gasteiger partial charge is 0.396 e. The molecule has 8 heavy (non-hydrogen) atoms. The SMILES string of the molecule is OC[C@@H]1[C@@H]2C=CC[C@@H]21. The molecule has 0 heterocycles. The van der Waals surface area contributed by atoms with E-state index in [4.69, 9.17) is 5.11 Å². The third-order valence-corrected chi connectivity index (χ3v) is 2.38. The molecule has 1 N–H and O–H groups in total. The first-order chi connectivity index (χ1) is 3.93. The summed E-state index contributed by atoms with van der Waals surface area (Å²) < 4.78 is 0. The number of hydrogen-bond acceptors (Lipinski definition) is 1. The van der Waals surface area contributed by atoms with Gasteiger partial charge in [-0.05, 0) is 24.2 Å². The molecule has 3 atom stereocenters. The smallest absolute Gasteiger partial charge is 0.0467 e. The van der Waals surface area contributed by atoms with Gasteiger partial charge < -0.3 is 5.11 Å². The topological polar surface area (TPSA) is 20.2 Å². The van der Waals surface area contributed by atoms with Crippen molar-refractivity contribution in [2.24, 2.45) is 17.8 Å². The standard InChI is InChI=1S/C7H10O/c8-4-7-5-2-1-3-6(5)7/h1-2,5-8H,3-4H2/t5-,6+,7-/m1/s1. The summed E-state index contributed by atoms with van der Waals surface area (Å²) in [5, 5.41) is 8.68. The van der Waals surface area contributed by atoms with E-state index in [2.05, 4.69) is 12.2 Å². The molecule has 1 fully saturated rings. The summed E-state index contributed by atoms with van der Waals surface area (Å²) in [7, 11) is 0. The lowest BCUT2D eigenvalue weighted by molar-refractivity contribution is 0.265. The molecule has 0 aromatic rings. The van der Waals surface area contributed by atoms with E-state index in [1.54, 1.807) is 0 Å². The van der Waals surface area contributed by atoms with E-state index in [0.29, 0.717) is 12.5 Å². The highest BCUT2D eigenvalue weighted by Crippen LogP contribution is 2.53. The minimum absolute atomic E-state index is 0.402. The number of rotatable bonds is 1. The third kappa shape index (κ3) is 0.402. The molecule has 0 bridgehead atoms. The second kappa shape index (κ2) is 1.35. The lowest BCUT2D eigenvalue weighted by Gasteiger charge is -1.88. The second-order valence-corrected chi connectivity index (χ2v) is 2.75. The van der Waals surface area contributed by atoms with Gasteiger partial charge in [-0.2, -0.15) is 0 Å². The Morgan fingerprint density at radius 3 is 2.88 bits per heavy atom. The highest BCUT2D eigenvalue weighted by Gasteiger charge is 2.49. The van der Waals surface area contributed by atoms with Crippen molar-refractivity contribution in [3.63, 3.8) is 0 Å². The molecular formula is C7H10O. The zero-order valence-corrected chi connectivity index (χ0v) is 4.75. The molecule has 2 aliphatic carbocycles. The van der Waals surface area contributed by atoms with Gasteiger partial charge >= 0.3 is 0 Å². The van der Waals surface area contributed by atoms with Gasteiger partial charge in [-0.1, -0.05) is 12.2 Å². The summed E-state index contributed by atoms with van der Waals surface area (Å²) in [6.07, 6.45) is 5.68. The van der Waals surface area contributed by atoms with Crippen LogP contribution in [0.5, 0.6) is 0 Å². The molecule has 44 valence electrons. The van der Waals surface area contributed by atoms with Gasteiger partial charge in [-0.3, -0.25) is 0 Å². The van der Waals surface area contributed by atoms with E-state index in [9.17, 15) is 0 Å². The first kappa shape index (κ1) is 4.57. The monoisotopic (exact) mass is 110 g/mol. The summed E-state index contributed by atoms with van der Waals surface area (Å²) in [6, 6.07) is 0. The molecule has 0 spiro atoms. The van der Waals surface area contributed by atoms with Crippen LogP contribution in [0.3, 0.4) is 0 Å². The summed E-state index contributed by atoms with van der Waals surface area (Å²) >= 11 is 0. The lowest BCUT2D eigenvalue weighted by Crippen LogP contribution is -1.89. The maximum absolute atomic E-state index is 8.68. The van der Waals surface area contributed by atoms with E-state index in [1.807, 2.05) is 0 Å². The van der Waals surface area contributed by atoms with Crippen LogP contribution in [0.4, 0.5) is 0 Å². The quantitative estimate of drug-likeness (QED) is 0.495. The molecule has 0 aliphatic heterocycles. The van der Waals surface area contributed by atoms with E-state index >= 15 is 0 Å². The molecule has 0 aromatic carbocycles. The number of allylic oxidation sites excluding steroid dienone is 2. The molecule has 1 heteroatoms. The fourth-order valence-electron chi connectivity index (χ4n) is 1.74. The van der Waals surface area contributed by atoms with Crippen molar-refractivity contribution in [3.8, 4) is 0 Å². The third-order valence-electron chi connectivity index (χ3n) is 2.38. The number of aliphatic hydroxyl groups excluding tert-OH is 1. The van der Waals surface area contributed by atoms with E-state index < -0.39 is 0 Å². The van der Waals surface area contributed by atoms with E-state index in [1.165, 1.54) is 6.42 Å². The predicted octanol–water partition coefficient (Wildman–Crippen LogP) is 0.801. The Hall–Kier alpha value is -0.300. The molecule has 0 saturated heterocycles. The normalized spacial score (nSPS) is 49.4. The molecule has 0 radical (unpaired) electrons. The van der Waals surface area contributed by atoms with E-state index in [-0.39, 0.29) is 0 Å². The van der Waals surface area contributed by atoms with Crippen molar-refractivity contribution >= 4 is 0 Å². The van der Waals surface area contributed by atoms with Crippen molar-refractivity contribution in [1.82, 2.24) is 0 Å². The minimum Gasteiger partial charge on any atom is -0.396 e. The summed E-state index contributed by atoms with van der Waals surface area (Å²) in [5.41, 5.74) is 0. The number of aliphatic hydroxyl groups is 1. The van der Waals surface area contributed by atoms with Crippen molar-refractivity contribution in [3.05, 3.63) is 12.2 Å². The lowest BCUT2D eigenvalue weighted by atomic mass is 10.2. The fraction of sp³-hybridized carbons (Fsp3) is 0.714. The van der Waals surface area contributed by atoms with Gasteiger partial charge in [0.2, 0.25) is 0 Å². The Kier molecular flexibility index (Phi) is 0.770. The molecule has 1 saturated carbocycles. The van der Waals surface area contributed by atoms with Gasteiger partial charge in [0.05, 0.1) is 0 Å². The van der Waals surface area contributed by atoms with Crippen LogP contribution in [-0.2, 0) is 0 Å². The van der Waals surface area contributed by atoms with Crippen LogP contribution in [0.1, 0.15) is 6.42 Å². The van der Waals surface area contributed by atoms with Gasteiger partial charge in [0.15, 0.2) is 0 Å². The zero-order chi connectivity index (χ0) is 5.56. The van der Waals surface area contributed by atoms with Gasteiger partial charge in [-0.15, -0.1) is 0 Å². The highest BCUT2D eigenvalue weighted by molar-refractivity contribution is 5.16. The van der Waals surface area contributed by atoms with Crippen LogP contribution in [0.15, 0.2) is 12.2 Å². The number of fused-ring (bicyclic) bond motifs is 1. The number of hydrogen-bond donors (Lipinski definition) is 1. The Morgan fingerprint density at radius 1 is 1.62 bits per heavy atom. The summed E-state index contributed by atoms with van der Waals surface area (Å²) in [6.45, 7) is 0.402. The van der Waals surface area contributed by atoms with E-state index in [0.717, 1.165) is 11.8 Å². The molecule has 0 aromatic heterocycles.